The molecule has 3 aromatic carbocycles. The van der Waals surface area contributed by atoms with Gasteiger partial charge in [0.15, 0.2) is 0 Å². The second kappa shape index (κ2) is 5.93. The smallest absolute Gasteiger partial charge is 0.0819 e. The Kier molecular flexibility index (Phi) is 3.49. The highest BCUT2D eigenvalue weighted by Gasteiger charge is 2.15. The molecule has 0 saturated heterocycles. The van der Waals surface area contributed by atoms with Crippen LogP contribution in [0.1, 0.15) is 0 Å². The van der Waals surface area contributed by atoms with Crippen molar-refractivity contribution in [2.75, 3.05) is 0 Å². The van der Waals surface area contributed by atoms with Crippen molar-refractivity contribution in [3.63, 3.8) is 0 Å². The van der Waals surface area contributed by atoms with Crippen LogP contribution in [0.4, 0.5) is 0 Å². The Morgan fingerprint density at radius 1 is 0.565 bits per heavy atom. The van der Waals surface area contributed by atoms with Gasteiger partial charge in [-0.1, -0.05) is 78.9 Å². The molecule has 0 atom stereocenters. The second-order valence-corrected chi connectivity index (χ2v) is 5.39. The molecule has 0 unspecified atom stereocenters. The van der Waals surface area contributed by atoms with Gasteiger partial charge in [-0.15, -0.1) is 0 Å². The van der Waals surface area contributed by atoms with Crippen molar-refractivity contribution >= 4 is 0 Å². The van der Waals surface area contributed by atoms with Crippen LogP contribution in [-0.4, -0.2) is 9.78 Å². The maximum atomic E-state index is 4.66. The third-order valence-electron chi connectivity index (χ3n) is 3.90. The quantitative estimate of drug-likeness (QED) is 0.507. The van der Waals surface area contributed by atoms with Crippen LogP contribution >= 0.6 is 0 Å². The van der Waals surface area contributed by atoms with Crippen molar-refractivity contribution < 1.29 is 0 Å². The summed E-state index contributed by atoms with van der Waals surface area (Å²) < 4.78 is 2.01. The molecular weight excluding hydrogens is 280 g/mol. The summed E-state index contributed by atoms with van der Waals surface area (Å²) in [5.41, 5.74) is 5.65. The fourth-order valence-electron chi connectivity index (χ4n) is 2.82. The molecule has 0 fully saturated rings. The van der Waals surface area contributed by atoms with Gasteiger partial charge in [0.05, 0.1) is 17.6 Å². The zero-order valence-corrected chi connectivity index (χ0v) is 12.6. The highest BCUT2D eigenvalue weighted by atomic mass is 15.3. The average molecular weight is 296 g/mol. The van der Waals surface area contributed by atoms with E-state index in [1.54, 1.807) is 0 Å². The van der Waals surface area contributed by atoms with Crippen molar-refractivity contribution in [2.45, 2.75) is 0 Å². The van der Waals surface area contributed by atoms with Gasteiger partial charge in [-0.3, -0.25) is 0 Å². The number of nitrogens with zero attached hydrogens (tertiary/aromatic N) is 2. The molecule has 2 heteroatoms. The number of rotatable bonds is 3. The van der Waals surface area contributed by atoms with Gasteiger partial charge in [-0.05, 0) is 17.7 Å². The Balaban J connectivity index is 1.97. The first-order chi connectivity index (χ1) is 11.4. The fraction of sp³-hybridized carbons (Fsp3) is 0. The second-order valence-electron chi connectivity index (χ2n) is 5.39. The lowest BCUT2D eigenvalue weighted by Gasteiger charge is -2.10. The molecule has 1 heterocycles. The summed E-state index contributed by atoms with van der Waals surface area (Å²) in [6.45, 7) is 0. The van der Waals surface area contributed by atoms with E-state index >= 15 is 0 Å². The molecular formula is C21H16N2. The number of hydrogen-bond acceptors (Lipinski definition) is 1. The molecule has 0 N–H and O–H groups in total. The van der Waals surface area contributed by atoms with Crippen LogP contribution in [0.15, 0.2) is 97.2 Å². The van der Waals surface area contributed by atoms with Crippen molar-refractivity contribution in [3.05, 3.63) is 97.2 Å². The predicted octanol–water partition coefficient (Wildman–Crippen LogP) is 5.21. The first-order valence-corrected chi connectivity index (χ1v) is 7.68. The van der Waals surface area contributed by atoms with E-state index < -0.39 is 0 Å². The third-order valence-corrected chi connectivity index (χ3v) is 3.90. The number of hydrogen-bond donors (Lipinski definition) is 0. The predicted molar refractivity (Wildman–Crippen MR) is 94.4 cm³/mol. The normalized spacial score (nSPS) is 10.6. The van der Waals surface area contributed by atoms with E-state index in [4.69, 9.17) is 0 Å². The lowest BCUT2D eigenvalue weighted by atomic mass is 10.0. The molecule has 4 aromatic rings. The maximum absolute atomic E-state index is 4.66. The van der Waals surface area contributed by atoms with Gasteiger partial charge in [0.25, 0.3) is 0 Å². The minimum Gasteiger partial charge on any atom is -0.232 e. The van der Waals surface area contributed by atoms with Crippen LogP contribution in [0, 0.1) is 0 Å². The zero-order chi connectivity index (χ0) is 15.5. The number of aromatic nitrogens is 2. The van der Waals surface area contributed by atoms with Crippen LogP contribution in [0.2, 0.25) is 0 Å². The summed E-state index contributed by atoms with van der Waals surface area (Å²) >= 11 is 0. The first kappa shape index (κ1) is 13.5. The summed E-state index contributed by atoms with van der Waals surface area (Å²) in [4.78, 5) is 0. The Morgan fingerprint density at radius 3 is 1.70 bits per heavy atom. The van der Waals surface area contributed by atoms with Gasteiger partial charge in [0.1, 0.15) is 0 Å². The molecule has 4 rings (SSSR count). The molecule has 0 amide bonds. The molecule has 0 aliphatic rings. The van der Waals surface area contributed by atoms with Gasteiger partial charge < -0.3 is 0 Å². The van der Waals surface area contributed by atoms with E-state index in [-0.39, 0.29) is 0 Å². The molecule has 0 radical (unpaired) electrons. The molecule has 0 saturated carbocycles. The average Bonchev–Trinajstić information content (AvgIpc) is 3.09. The summed E-state index contributed by atoms with van der Waals surface area (Å²) in [7, 11) is 0. The maximum Gasteiger partial charge on any atom is 0.0819 e. The number of para-hydroxylation sites is 1. The topological polar surface area (TPSA) is 17.8 Å². The lowest BCUT2D eigenvalue weighted by Crippen LogP contribution is -1.99. The first-order valence-electron chi connectivity index (χ1n) is 7.68. The Bertz CT molecular complexity index is 838. The standard InChI is InChI=1S/C21H16N2/c1-4-10-17(11-5-1)20-16-22-23(19-14-8-3-9-15-19)21(20)18-12-6-2-7-13-18/h1-16H. The van der Waals surface area contributed by atoms with Crippen molar-refractivity contribution in [1.29, 1.82) is 0 Å². The summed E-state index contributed by atoms with van der Waals surface area (Å²) in [5.74, 6) is 0. The molecule has 0 bridgehead atoms. The minimum atomic E-state index is 1.06. The zero-order valence-electron chi connectivity index (χ0n) is 12.6. The van der Waals surface area contributed by atoms with Crippen LogP contribution in [0.25, 0.3) is 28.1 Å². The molecule has 0 aliphatic carbocycles. The molecule has 1 aromatic heterocycles. The van der Waals surface area contributed by atoms with E-state index in [0.29, 0.717) is 0 Å². The molecule has 23 heavy (non-hydrogen) atoms. The monoisotopic (exact) mass is 296 g/mol. The van der Waals surface area contributed by atoms with Crippen LogP contribution in [0.5, 0.6) is 0 Å². The largest absolute Gasteiger partial charge is 0.232 e. The van der Waals surface area contributed by atoms with Crippen LogP contribution in [-0.2, 0) is 0 Å². The van der Waals surface area contributed by atoms with E-state index in [9.17, 15) is 0 Å². The minimum absolute atomic E-state index is 1.06. The van der Waals surface area contributed by atoms with E-state index in [0.717, 1.165) is 22.5 Å². The molecule has 110 valence electrons. The van der Waals surface area contributed by atoms with E-state index in [1.807, 2.05) is 41.2 Å². The van der Waals surface area contributed by atoms with E-state index in [1.165, 1.54) is 5.56 Å². The Morgan fingerprint density at radius 2 is 1.09 bits per heavy atom. The van der Waals surface area contributed by atoms with Crippen LogP contribution in [0.3, 0.4) is 0 Å². The molecule has 2 nitrogen and oxygen atoms in total. The van der Waals surface area contributed by atoms with Crippen LogP contribution < -0.4 is 0 Å². The highest BCUT2D eigenvalue weighted by molar-refractivity contribution is 5.81. The van der Waals surface area contributed by atoms with Crippen molar-refractivity contribution in [3.8, 4) is 28.1 Å². The number of benzene rings is 3. The summed E-state index contributed by atoms with van der Waals surface area (Å²) in [6, 6.07) is 31.1. The van der Waals surface area contributed by atoms with Crippen molar-refractivity contribution in [2.24, 2.45) is 0 Å². The lowest BCUT2D eigenvalue weighted by molar-refractivity contribution is 0.888. The van der Waals surface area contributed by atoms with Gasteiger partial charge in [-0.25, -0.2) is 4.68 Å². The molecule has 0 spiro atoms. The van der Waals surface area contributed by atoms with Crippen molar-refractivity contribution in [1.82, 2.24) is 9.78 Å². The molecule has 0 aliphatic heterocycles. The SMILES string of the molecule is c1ccc(-c2cnn(-c3ccccc3)c2-c2ccccc2)cc1. The van der Waals surface area contributed by atoms with E-state index in [2.05, 4.69) is 65.8 Å². The fourth-order valence-corrected chi connectivity index (χ4v) is 2.82. The summed E-state index contributed by atoms with van der Waals surface area (Å²) in [5, 5.41) is 4.66. The van der Waals surface area contributed by atoms with Gasteiger partial charge in [-0.2, -0.15) is 5.10 Å². The Labute approximate surface area is 135 Å². The highest BCUT2D eigenvalue weighted by Crippen LogP contribution is 2.33. The van der Waals surface area contributed by atoms with Gasteiger partial charge >= 0.3 is 0 Å². The van der Waals surface area contributed by atoms with Gasteiger partial charge in [0, 0.05) is 11.1 Å². The van der Waals surface area contributed by atoms with Gasteiger partial charge in [0.2, 0.25) is 0 Å². The third kappa shape index (κ3) is 2.55. The Hall–Kier alpha value is -3.13. The summed E-state index contributed by atoms with van der Waals surface area (Å²) in [6.07, 6.45) is 1.95.